The maximum atomic E-state index is 6.08. The highest BCUT2D eigenvalue weighted by Gasteiger charge is 2.19. The highest BCUT2D eigenvalue weighted by molar-refractivity contribution is 6.31. The van der Waals surface area contributed by atoms with Gasteiger partial charge in [-0.2, -0.15) is 0 Å². The smallest absolute Gasteiger partial charge is 0.0591 e. The lowest BCUT2D eigenvalue weighted by Crippen LogP contribution is -2.22. The average Bonchev–Trinajstić information content (AvgIpc) is 3.13. The number of hydrogen-bond acceptors (Lipinski definition) is 2. The molecule has 0 atom stereocenters. The molecule has 0 spiro atoms. The third-order valence-corrected chi connectivity index (χ3v) is 3.80. The Kier molecular flexibility index (Phi) is 5.04. The summed E-state index contributed by atoms with van der Waals surface area (Å²) in [6.07, 6.45) is 3.64. The van der Waals surface area contributed by atoms with Gasteiger partial charge in [-0.25, -0.2) is 0 Å². The molecule has 1 aromatic carbocycles. The molecule has 2 nitrogen and oxygen atoms in total. The van der Waals surface area contributed by atoms with E-state index >= 15 is 0 Å². The first kappa shape index (κ1) is 13.9. The average molecular weight is 268 g/mol. The molecular weight excluding hydrogens is 246 g/mol. The van der Waals surface area contributed by atoms with Crippen LogP contribution in [0.5, 0.6) is 0 Å². The van der Waals surface area contributed by atoms with Crippen molar-refractivity contribution in [1.82, 2.24) is 5.32 Å². The Labute approximate surface area is 115 Å². The Morgan fingerprint density at radius 2 is 2.00 bits per heavy atom. The molecule has 100 valence electrons. The number of halogens is 1. The van der Waals surface area contributed by atoms with Gasteiger partial charge in [-0.05, 0) is 55.9 Å². The summed E-state index contributed by atoms with van der Waals surface area (Å²) < 4.78 is 5.65. The summed E-state index contributed by atoms with van der Waals surface area (Å²) in [4.78, 5) is 0. The van der Waals surface area contributed by atoms with E-state index in [0.29, 0.717) is 0 Å². The minimum atomic E-state index is 0.773. The van der Waals surface area contributed by atoms with Gasteiger partial charge in [0.05, 0.1) is 13.2 Å². The van der Waals surface area contributed by atoms with Crippen LogP contribution in [0.2, 0.25) is 5.02 Å². The Hall–Kier alpha value is -0.570. The molecule has 0 radical (unpaired) electrons. The molecule has 0 bridgehead atoms. The maximum Gasteiger partial charge on any atom is 0.0591 e. The molecule has 1 fully saturated rings. The summed E-state index contributed by atoms with van der Waals surface area (Å²) in [5.74, 6) is 0. The number of hydrogen-bond donors (Lipinski definition) is 1. The van der Waals surface area contributed by atoms with Gasteiger partial charge >= 0.3 is 0 Å². The van der Waals surface area contributed by atoms with Crippen molar-refractivity contribution in [2.75, 3.05) is 19.8 Å². The van der Waals surface area contributed by atoms with E-state index in [1.165, 1.54) is 24.0 Å². The molecule has 1 N–H and O–H groups in total. The normalized spacial score (nSPS) is 15.1. The van der Waals surface area contributed by atoms with Crippen molar-refractivity contribution in [3.8, 4) is 0 Å². The van der Waals surface area contributed by atoms with Crippen molar-refractivity contribution >= 4 is 11.6 Å². The second-order valence-corrected chi connectivity index (χ2v) is 5.53. The third kappa shape index (κ3) is 4.27. The molecule has 1 aliphatic rings. The number of ether oxygens (including phenoxy) is 1. The van der Waals surface area contributed by atoms with Gasteiger partial charge in [-0.3, -0.25) is 0 Å². The van der Waals surface area contributed by atoms with Crippen LogP contribution in [-0.2, 0) is 11.2 Å². The first-order chi connectivity index (χ1) is 8.66. The van der Waals surface area contributed by atoms with Gasteiger partial charge in [-0.1, -0.05) is 17.7 Å². The number of rotatable bonds is 7. The van der Waals surface area contributed by atoms with Gasteiger partial charge in [0, 0.05) is 17.6 Å². The highest BCUT2D eigenvalue weighted by Crippen LogP contribution is 2.21. The summed E-state index contributed by atoms with van der Waals surface area (Å²) in [5.41, 5.74) is 3.74. The zero-order valence-electron chi connectivity index (χ0n) is 11.3. The molecule has 0 aliphatic heterocycles. The first-order valence-corrected chi connectivity index (χ1v) is 7.11. The molecule has 18 heavy (non-hydrogen) atoms. The lowest BCUT2D eigenvalue weighted by atomic mass is 10.0. The van der Waals surface area contributed by atoms with Crippen LogP contribution in [0.15, 0.2) is 12.1 Å². The quantitative estimate of drug-likeness (QED) is 0.766. The standard InChI is InChI=1S/C15H22ClNO/c1-11-10-15(16)12(2)9-13(11)5-7-18-8-6-17-14-3-4-14/h9-10,14,17H,3-8H2,1-2H3. The highest BCUT2D eigenvalue weighted by atomic mass is 35.5. The van der Waals surface area contributed by atoms with Gasteiger partial charge in [0.1, 0.15) is 0 Å². The van der Waals surface area contributed by atoms with Crippen molar-refractivity contribution in [2.24, 2.45) is 0 Å². The van der Waals surface area contributed by atoms with E-state index in [-0.39, 0.29) is 0 Å². The zero-order chi connectivity index (χ0) is 13.0. The van der Waals surface area contributed by atoms with Gasteiger partial charge in [0.25, 0.3) is 0 Å². The van der Waals surface area contributed by atoms with Crippen molar-refractivity contribution in [2.45, 2.75) is 39.2 Å². The Balaban J connectivity index is 1.67. The van der Waals surface area contributed by atoms with Crippen LogP contribution in [0.25, 0.3) is 0 Å². The number of aryl methyl sites for hydroxylation is 2. The molecular formula is C15H22ClNO. The van der Waals surface area contributed by atoms with Crippen molar-refractivity contribution < 1.29 is 4.74 Å². The summed E-state index contributed by atoms with van der Waals surface area (Å²) in [6.45, 7) is 6.72. The van der Waals surface area contributed by atoms with Crippen LogP contribution >= 0.6 is 11.6 Å². The largest absolute Gasteiger partial charge is 0.380 e. The van der Waals surface area contributed by atoms with E-state index in [0.717, 1.165) is 42.8 Å². The predicted molar refractivity (Wildman–Crippen MR) is 76.5 cm³/mol. The van der Waals surface area contributed by atoms with E-state index in [2.05, 4.69) is 18.3 Å². The fraction of sp³-hybridized carbons (Fsp3) is 0.600. The van der Waals surface area contributed by atoms with Crippen LogP contribution < -0.4 is 5.32 Å². The SMILES string of the molecule is Cc1cc(CCOCCNC2CC2)c(C)cc1Cl. The van der Waals surface area contributed by atoms with Gasteiger partial charge < -0.3 is 10.1 Å². The molecule has 0 aromatic heterocycles. The molecule has 0 saturated heterocycles. The maximum absolute atomic E-state index is 6.08. The molecule has 1 aliphatic carbocycles. The lowest BCUT2D eigenvalue weighted by Gasteiger charge is -2.09. The van der Waals surface area contributed by atoms with Gasteiger partial charge in [-0.15, -0.1) is 0 Å². The topological polar surface area (TPSA) is 21.3 Å². The fourth-order valence-electron chi connectivity index (χ4n) is 2.02. The summed E-state index contributed by atoms with van der Waals surface area (Å²) >= 11 is 6.08. The van der Waals surface area contributed by atoms with Crippen molar-refractivity contribution in [3.05, 3.63) is 33.8 Å². The van der Waals surface area contributed by atoms with E-state index in [4.69, 9.17) is 16.3 Å². The lowest BCUT2D eigenvalue weighted by molar-refractivity contribution is 0.138. The molecule has 1 saturated carbocycles. The third-order valence-electron chi connectivity index (χ3n) is 3.39. The zero-order valence-corrected chi connectivity index (χ0v) is 12.0. The molecule has 1 aromatic rings. The van der Waals surface area contributed by atoms with Gasteiger partial charge in [0.2, 0.25) is 0 Å². The monoisotopic (exact) mass is 267 g/mol. The molecule has 0 heterocycles. The fourth-order valence-corrected chi connectivity index (χ4v) is 2.24. The first-order valence-electron chi connectivity index (χ1n) is 6.73. The van der Waals surface area contributed by atoms with Gasteiger partial charge in [0.15, 0.2) is 0 Å². The van der Waals surface area contributed by atoms with Crippen molar-refractivity contribution in [3.63, 3.8) is 0 Å². The van der Waals surface area contributed by atoms with Crippen LogP contribution in [0.1, 0.15) is 29.5 Å². The number of benzene rings is 1. The summed E-state index contributed by atoms with van der Waals surface area (Å²) in [7, 11) is 0. The van der Waals surface area contributed by atoms with Crippen LogP contribution in [0.3, 0.4) is 0 Å². The molecule has 0 amide bonds. The summed E-state index contributed by atoms with van der Waals surface area (Å²) in [5, 5.41) is 4.29. The second-order valence-electron chi connectivity index (χ2n) is 5.12. The molecule has 3 heteroatoms. The Morgan fingerprint density at radius 3 is 2.72 bits per heavy atom. The summed E-state index contributed by atoms with van der Waals surface area (Å²) in [6, 6.07) is 4.99. The molecule has 2 rings (SSSR count). The Morgan fingerprint density at radius 1 is 1.22 bits per heavy atom. The van der Waals surface area contributed by atoms with Crippen LogP contribution in [0.4, 0.5) is 0 Å². The molecule has 0 unspecified atom stereocenters. The predicted octanol–water partition coefficient (Wildman–Crippen LogP) is 3.27. The van der Waals surface area contributed by atoms with E-state index in [1.54, 1.807) is 0 Å². The van der Waals surface area contributed by atoms with E-state index in [9.17, 15) is 0 Å². The second kappa shape index (κ2) is 6.55. The van der Waals surface area contributed by atoms with Crippen LogP contribution in [0, 0.1) is 13.8 Å². The van der Waals surface area contributed by atoms with Crippen LogP contribution in [-0.4, -0.2) is 25.8 Å². The Bertz CT molecular complexity index is 402. The van der Waals surface area contributed by atoms with E-state index in [1.807, 2.05) is 13.0 Å². The minimum Gasteiger partial charge on any atom is -0.380 e. The number of nitrogens with one attached hydrogen (secondary N) is 1. The van der Waals surface area contributed by atoms with Crippen molar-refractivity contribution in [1.29, 1.82) is 0 Å². The minimum absolute atomic E-state index is 0.773. The van der Waals surface area contributed by atoms with E-state index < -0.39 is 0 Å².